The summed E-state index contributed by atoms with van der Waals surface area (Å²) in [7, 11) is 0. The number of ketones is 1. The molecule has 1 fully saturated rings. The molecule has 114 valence electrons. The zero-order chi connectivity index (χ0) is 15.1. The van der Waals surface area contributed by atoms with E-state index in [2.05, 4.69) is 5.32 Å². The molecule has 1 rings (SSSR count). The Morgan fingerprint density at radius 3 is 2.30 bits per heavy atom. The van der Waals surface area contributed by atoms with Crippen LogP contribution in [0, 0.1) is 5.92 Å². The first-order valence-electron chi connectivity index (χ1n) is 7.52. The van der Waals surface area contributed by atoms with Crippen LogP contribution in [0.3, 0.4) is 0 Å². The van der Waals surface area contributed by atoms with Crippen molar-refractivity contribution in [3.63, 3.8) is 0 Å². The molecule has 5 heteroatoms. The Hall–Kier alpha value is -1.39. The molecule has 0 spiro atoms. The Morgan fingerprint density at radius 2 is 1.80 bits per heavy atom. The molecule has 0 aromatic rings. The van der Waals surface area contributed by atoms with Gasteiger partial charge in [0, 0.05) is 12.6 Å². The maximum Gasteiger partial charge on any atom is 0.289 e. The van der Waals surface area contributed by atoms with Crippen LogP contribution >= 0.6 is 0 Å². The van der Waals surface area contributed by atoms with E-state index in [9.17, 15) is 14.4 Å². The van der Waals surface area contributed by atoms with Crippen LogP contribution in [0.2, 0.25) is 0 Å². The number of carbonyl (C=O) groups is 3. The molecule has 1 saturated carbocycles. The Balaban J connectivity index is 2.60. The monoisotopic (exact) mass is 282 g/mol. The molecule has 1 atom stereocenters. The van der Waals surface area contributed by atoms with Gasteiger partial charge in [-0.1, -0.05) is 33.1 Å². The first kappa shape index (κ1) is 16.7. The fourth-order valence-corrected chi connectivity index (χ4v) is 2.58. The summed E-state index contributed by atoms with van der Waals surface area (Å²) in [6, 6.07) is -0.583. The predicted octanol–water partition coefficient (Wildman–Crippen LogP) is 1.51. The van der Waals surface area contributed by atoms with Crippen LogP contribution in [0.4, 0.5) is 0 Å². The highest BCUT2D eigenvalue weighted by molar-refractivity contribution is 6.38. The van der Waals surface area contributed by atoms with E-state index >= 15 is 0 Å². The summed E-state index contributed by atoms with van der Waals surface area (Å²) in [6.07, 6.45) is 5.90. The van der Waals surface area contributed by atoms with Crippen molar-refractivity contribution in [1.82, 2.24) is 10.2 Å². The van der Waals surface area contributed by atoms with Gasteiger partial charge >= 0.3 is 0 Å². The van der Waals surface area contributed by atoms with E-state index in [-0.39, 0.29) is 6.04 Å². The molecule has 5 nitrogen and oxygen atoms in total. The molecule has 0 heterocycles. The summed E-state index contributed by atoms with van der Waals surface area (Å²) in [4.78, 5) is 36.7. The van der Waals surface area contributed by atoms with E-state index in [1.54, 1.807) is 6.92 Å². The van der Waals surface area contributed by atoms with Crippen LogP contribution in [0.1, 0.15) is 52.9 Å². The molecule has 2 amide bonds. The van der Waals surface area contributed by atoms with Crippen LogP contribution in [0.15, 0.2) is 0 Å². The number of nitrogens with zero attached hydrogens (tertiary/aromatic N) is 1. The molecular formula is C15H26N2O3. The van der Waals surface area contributed by atoms with Crippen LogP contribution in [-0.2, 0) is 14.4 Å². The quantitative estimate of drug-likeness (QED) is 0.568. The van der Waals surface area contributed by atoms with Gasteiger partial charge in [0.25, 0.3) is 5.91 Å². The van der Waals surface area contributed by atoms with E-state index in [1.807, 2.05) is 13.8 Å². The Kier molecular flexibility index (Phi) is 6.68. The molecular weight excluding hydrogens is 256 g/mol. The second-order valence-corrected chi connectivity index (χ2v) is 5.99. The average molecular weight is 282 g/mol. The number of amides is 2. The van der Waals surface area contributed by atoms with Gasteiger partial charge in [-0.05, 0) is 25.7 Å². The lowest BCUT2D eigenvalue weighted by molar-refractivity contribution is -0.143. The van der Waals surface area contributed by atoms with Crippen LogP contribution < -0.4 is 5.32 Å². The van der Waals surface area contributed by atoms with E-state index in [0.29, 0.717) is 18.9 Å². The summed E-state index contributed by atoms with van der Waals surface area (Å²) in [5, 5.41) is 2.61. The van der Waals surface area contributed by atoms with Crippen molar-refractivity contribution < 1.29 is 14.4 Å². The van der Waals surface area contributed by atoms with Crippen molar-refractivity contribution in [2.75, 3.05) is 6.54 Å². The minimum absolute atomic E-state index is 0.0955. The molecule has 20 heavy (non-hydrogen) atoms. The van der Waals surface area contributed by atoms with Gasteiger partial charge < -0.3 is 10.2 Å². The molecule has 0 bridgehead atoms. The van der Waals surface area contributed by atoms with Crippen molar-refractivity contribution in [2.45, 2.75) is 65.0 Å². The van der Waals surface area contributed by atoms with Gasteiger partial charge in [0.1, 0.15) is 0 Å². The van der Waals surface area contributed by atoms with Crippen molar-refractivity contribution in [2.24, 2.45) is 5.92 Å². The van der Waals surface area contributed by atoms with E-state index < -0.39 is 17.7 Å². The van der Waals surface area contributed by atoms with E-state index in [4.69, 9.17) is 0 Å². The maximum atomic E-state index is 12.1. The number of carbonyl (C=O) groups excluding carboxylic acids is 3. The molecule has 1 aliphatic rings. The largest absolute Gasteiger partial charge is 0.349 e. The summed E-state index contributed by atoms with van der Waals surface area (Å²) in [5.41, 5.74) is 0. The molecule has 0 aliphatic heterocycles. The van der Waals surface area contributed by atoms with Crippen molar-refractivity contribution in [3.05, 3.63) is 0 Å². The fraction of sp³-hybridized carbons (Fsp3) is 0.800. The Labute approximate surface area is 121 Å². The third-order valence-corrected chi connectivity index (χ3v) is 3.84. The van der Waals surface area contributed by atoms with Gasteiger partial charge in [0.2, 0.25) is 12.2 Å². The molecule has 0 aromatic carbocycles. The fourth-order valence-electron chi connectivity index (χ4n) is 2.58. The van der Waals surface area contributed by atoms with Gasteiger partial charge in [-0.2, -0.15) is 0 Å². The van der Waals surface area contributed by atoms with Crippen molar-refractivity contribution in [3.8, 4) is 0 Å². The molecule has 1 unspecified atom stereocenters. The minimum atomic E-state index is -0.678. The zero-order valence-electron chi connectivity index (χ0n) is 12.7. The van der Waals surface area contributed by atoms with Gasteiger partial charge in [0.15, 0.2) is 0 Å². The smallest absolute Gasteiger partial charge is 0.289 e. The summed E-state index contributed by atoms with van der Waals surface area (Å²) < 4.78 is 0. The highest BCUT2D eigenvalue weighted by atomic mass is 16.2. The highest BCUT2D eigenvalue weighted by Gasteiger charge is 2.31. The lowest BCUT2D eigenvalue weighted by Gasteiger charge is -2.34. The summed E-state index contributed by atoms with van der Waals surface area (Å²) in [6.45, 7) is 6.05. The number of nitrogens with one attached hydrogen (secondary N) is 1. The van der Waals surface area contributed by atoms with Crippen LogP contribution in [0.25, 0.3) is 0 Å². The maximum absolute atomic E-state index is 12.1. The molecule has 0 saturated heterocycles. The topological polar surface area (TPSA) is 66.5 Å². The second kappa shape index (κ2) is 8.02. The first-order chi connectivity index (χ1) is 9.47. The van der Waals surface area contributed by atoms with E-state index in [0.717, 1.165) is 25.7 Å². The van der Waals surface area contributed by atoms with Crippen molar-refractivity contribution >= 4 is 18.1 Å². The Morgan fingerprint density at radius 1 is 1.20 bits per heavy atom. The first-order valence-corrected chi connectivity index (χ1v) is 7.52. The van der Waals surface area contributed by atoms with Gasteiger partial charge in [-0.15, -0.1) is 0 Å². The third kappa shape index (κ3) is 4.62. The summed E-state index contributed by atoms with van der Waals surface area (Å²) >= 11 is 0. The lowest BCUT2D eigenvalue weighted by atomic mass is 9.93. The molecule has 1 aliphatic carbocycles. The number of Topliss-reactive ketones (excluding diaryl/α,β-unsaturated/α-hetero) is 1. The SMILES string of the molecule is CC(C)CNC(=O)C(=O)C(C)N(C=O)C1CCCCC1. The van der Waals surface area contributed by atoms with Gasteiger partial charge in [-0.25, -0.2) is 0 Å². The predicted molar refractivity (Wildman–Crippen MR) is 77.1 cm³/mol. The van der Waals surface area contributed by atoms with Crippen molar-refractivity contribution in [1.29, 1.82) is 0 Å². The Bertz CT molecular complexity index is 349. The number of hydrogen-bond donors (Lipinski definition) is 1. The van der Waals surface area contributed by atoms with E-state index in [1.165, 1.54) is 11.3 Å². The van der Waals surface area contributed by atoms with Gasteiger partial charge in [-0.3, -0.25) is 14.4 Å². The number of hydrogen-bond acceptors (Lipinski definition) is 3. The lowest BCUT2D eigenvalue weighted by Crippen LogP contribution is -2.50. The van der Waals surface area contributed by atoms with Gasteiger partial charge in [0.05, 0.1) is 6.04 Å². The molecule has 0 aromatic heterocycles. The highest BCUT2D eigenvalue weighted by Crippen LogP contribution is 2.23. The summed E-state index contributed by atoms with van der Waals surface area (Å²) in [5.74, 6) is -0.820. The van der Waals surface area contributed by atoms with Crippen LogP contribution in [-0.4, -0.2) is 41.6 Å². The standard InChI is InChI=1S/C15H26N2O3/c1-11(2)9-16-15(20)14(19)12(3)17(10-18)13-7-5-4-6-8-13/h10-13H,4-9H2,1-3H3,(H,16,20). The normalized spacial score (nSPS) is 17.6. The van der Waals surface area contributed by atoms with Crippen LogP contribution in [0.5, 0.6) is 0 Å². The number of rotatable bonds is 7. The third-order valence-electron chi connectivity index (χ3n) is 3.84. The molecule has 0 radical (unpaired) electrons. The average Bonchev–Trinajstić information content (AvgIpc) is 2.45. The second-order valence-electron chi connectivity index (χ2n) is 5.99. The zero-order valence-corrected chi connectivity index (χ0v) is 12.7. The molecule has 1 N–H and O–H groups in total. The minimum Gasteiger partial charge on any atom is -0.349 e.